The average molecular weight is 526 g/mol. The molecule has 0 aliphatic heterocycles. The van der Waals surface area contributed by atoms with E-state index in [0.29, 0.717) is 21.9 Å². The fourth-order valence-electron chi connectivity index (χ4n) is 3.96. The lowest BCUT2D eigenvalue weighted by molar-refractivity contribution is 0.309. The van der Waals surface area contributed by atoms with Crippen molar-refractivity contribution in [3.63, 3.8) is 0 Å². The van der Waals surface area contributed by atoms with Crippen molar-refractivity contribution in [3.8, 4) is 33.4 Å². The molecule has 0 fully saturated rings. The standard InChI is InChI=1S/C28H23N5O2S2/c1-2-3-15-35-22-13-11-19(12-14-22)25-20(18-32(30-25)21-8-5-4-6-9-21)17-24-27(34)33-28(37-24)29-26(31-33)23-10-7-16-36-23/h4-14,16-18H,2-3,15H2,1H3/b24-17+. The maximum atomic E-state index is 13.2. The van der Waals surface area contributed by atoms with Gasteiger partial charge in [-0.25, -0.2) is 4.68 Å². The Morgan fingerprint density at radius 1 is 1.00 bits per heavy atom. The lowest BCUT2D eigenvalue weighted by atomic mass is 10.1. The van der Waals surface area contributed by atoms with E-state index in [9.17, 15) is 4.79 Å². The third-order valence-corrected chi connectivity index (χ3v) is 7.69. The Balaban J connectivity index is 1.42. The predicted molar refractivity (Wildman–Crippen MR) is 149 cm³/mol. The molecule has 4 heterocycles. The molecule has 7 nitrogen and oxygen atoms in total. The third-order valence-electron chi connectivity index (χ3n) is 5.87. The van der Waals surface area contributed by atoms with Crippen LogP contribution in [0.2, 0.25) is 0 Å². The Bertz CT molecular complexity index is 1750. The molecular formula is C28H23N5O2S2. The van der Waals surface area contributed by atoms with Crippen molar-refractivity contribution in [1.82, 2.24) is 24.4 Å². The molecule has 0 N–H and O–H groups in total. The first kappa shape index (κ1) is 23.3. The zero-order chi connectivity index (χ0) is 25.2. The van der Waals surface area contributed by atoms with Crippen molar-refractivity contribution in [2.45, 2.75) is 19.8 Å². The maximum absolute atomic E-state index is 13.2. The fraction of sp³-hybridized carbons (Fsp3) is 0.143. The SMILES string of the molecule is CCCCOc1ccc(-c2nn(-c3ccccc3)cc2/C=c2/sc3nc(-c4cccs4)nn3c2=O)cc1. The lowest BCUT2D eigenvalue weighted by Gasteiger charge is -2.06. The van der Waals surface area contributed by atoms with Gasteiger partial charge in [0.1, 0.15) is 11.4 Å². The first-order valence-corrected chi connectivity index (χ1v) is 13.7. The minimum absolute atomic E-state index is 0.187. The van der Waals surface area contributed by atoms with Crippen molar-refractivity contribution >= 4 is 33.7 Å². The van der Waals surface area contributed by atoms with Gasteiger partial charge in [0.25, 0.3) is 5.56 Å². The number of nitrogens with zero attached hydrogens (tertiary/aromatic N) is 5. The predicted octanol–water partition coefficient (Wildman–Crippen LogP) is 5.46. The largest absolute Gasteiger partial charge is 0.494 e. The second-order valence-corrected chi connectivity index (χ2v) is 10.4. The van der Waals surface area contributed by atoms with Gasteiger partial charge in [0.2, 0.25) is 4.96 Å². The van der Waals surface area contributed by atoms with Crippen molar-refractivity contribution in [3.05, 3.63) is 98.8 Å². The smallest absolute Gasteiger partial charge is 0.291 e. The Labute approximate surface area is 220 Å². The van der Waals surface area contributed by atoms with E-state index in [2.05, 4.69) is 17.0 Å². The molecule has 6 rings (SSSR count). The van der Waals surface area contributed by atoms with Gasteiger partial charge in [0, 0.05) is 17.3 Å². The van der Waals surface area contributed by atoms with Gasteiger partial charge >= 0.3 is 0 Å². The lowest BCUT2D eigenvalue weighted by Crippen LogP contribution is -2.23. The molecule has 0 aliphatic carbocycles. The van der Waals surface area contributed by atoms with Crippen LogP contribution in [0.5, 0.6) is 5.75 Å². The summed E-state index contributed by atoms with van der Waals surface area (Å²) in [4.78, 5) is 19.3. The van der Waals surface area contributed by atoms with Crippen LogP contribution < -0.4 is 14.8 Å². The molecule has 0 unspecified atom stereocenters. The summed E-state index contributed by atoms with van der Waals surface area (Å²) in [6.07, 6.45) is 5.94. The molecule has 0 radical (unpaired) electrons. The second kappa shape index (κ2) is 10.1. The highest BCUT2D eigenvalue weighted by atomic mass is 32.1. The highest BCUT2D eigenvalue weighted by Crippen LogP contribution is 2.27. The zero-order valence-electron chi connectivity index (χ0n) is 20.1. The van der Waals surface area contributed by atoms with E-state index in [4.69, 9.17) is 9.84 Å². The van der Waals surface area contributed by atoms with E-state index >= 15 is 0 Å². The van der Waals surface area contributed by atoms with E-state index in [-0.39, 0.29) is 5.56 Å². The maximum Gasteiger partial charge on any atom is 0.291 e. The van der Waals surface area contributed by atoms with Crippen LogP contribution in [0.4, 0.5) is 0 Å². The number of para-hydroxylation sites is 1. The van der Waals surface area contributed by atoms with Gasteiger partial charge < -0.3 is 4.74 Å². The number of ether oxygens (including phenoxy) is 1. The topological polar surface area (TPSA) is 74.3 Å². The minimum Gasteiger partial charge on any atom is -0.494 e. The normalized spacial score (nSPS) is 12.0. The van der Waals surface area contributed by atoms with E-state index in [1.54, 1.807) is 11.3 Å². The van der Waals surface area contributed by atoms with Crippen molar-refractivity contribution in [1.29, 1.82) is 0 Å². The molecule has 4 aromatic heterocycles. The van der Waals surface area contributed by atoms with Crippen LogP contribution >= 0.6 is 22.7 Å². The number of thiophene rings is 1. The number of rotatable bonds is 8. The fourth-order valence-corrected chi connectivity index (χ4v) is 5.51. The number of aromatic nitrogens is 5. The number of thiazole rings is 1. The van der Waals surface area contributed by atoms with Crippen molar-refractivity contribution in [2.75, 3.05) is 6.61 Å². The molecule has 184 valence electrons. The van der Waals surface area contributed by atoms with E-state index in [1.807, 2.05) is 89.1 Å². The molecule has 2 aromatic carbocycles. The van der Waals surface area contributed by atoms with Crippen molar-refractivity contribution < 1.29 is 4.74 Å². The van der Waals surface area contributed by atoms with E-state index < -0.39 is 0 Å². The van der Waals surface area contributed by atoms with Gasteiger partial charge in [-0.1, -0.05) is 48.9 Å². The summed E-state index contributed by atoms with van der Waals surface area (Å²) in [6, 6.07) is 21.8. The van der Waals surface area contributed by atoms with Gasteiger partial charge in [-0.3, -0.25) is 4.79 Å². The van der Waals surface area contributed by atoms with Crippen LogP contribution in [0, 0.1) is 0 Å². The Morgan fingerprint density at radius 3 is 2.57 bits per heavy atom. The third kappa shape index (κ3) is 4.71. The molecule has 0 saturated carbocycles. The summed E-state index contributed by atoms with van der Waals surface area (Å²) in [7, 11) is 0. The van der Waals surface area contributed by atoms with E-state index in [1.165, 1.54) is 15.9 Å². The molecule has 37 heavy (non-hydrogen) atoms. The Kier molecular flexibility index (Phi) is 6.38. The van der Waals surface area contributed by atoms with Crippen LogP contribution in [-0.4, -0.2) is 31.0 Å². The zero-order valence-corrected chi connectivity index (χ0v) is 21.7. The Morgan fingerprint density at radius 2 is 1.84 bits per heavy atom. The quantitative estimate of drug-likeness (QED) is 0.247. The summed E-state index contributed by atoms with van der Waals surface area (Å²) in [5.41, 5.74) is 3.31. The molecule has 0 bridgehead atoms. The molecule has 0 atom stereocenters. The second-order valence-electron chi connectivity index (χ2n) is 8.46. The number of unbranched alkanes of at least 4 members (excludes halogenated alkanes) is 1. The molecule has 0 saturated heterocycles. The van der Waals surface area contributed by atoms with Gasteiger partial charge in [-0.15, -0.1) is 16.4 Å². The average Bonchev–Trinajstić information content (AvgIpc) is 3.72. The molecule has 0 spiro atoms. The summed E-state index contributed by atoms with van der Waals surface area (Å²) >= 11 is 2.88. The number of hydrogen-bond acceptors (Lipinski definition) is 7. The molecular weight excluding hydrogens is 502 g/mol. The van der Waals surface area contributed by atoms with Gasteiger partial charge in [0.05, 0.1) is 21.7 Å². The van der Waals surface area contributed by atoms with E-state index in [0.717, 1.165) is 46.0 Å². The highest BCUT2D eigenvalue weighted by molar-refractivity contribution is 7.15. The monoisotopic (exact) mass is 525 g/mol. The van der Waals surface area contributed by atoms with Gasteiger partial charge in [0.15, 0.2) is 5.82 Å². The van der Waals surface area contributed by atoms with Gasteiger partial charge in [-0.2, -0.15) is 14.6 Å². The van der Waals surface area contributed by atoms with Crippen LogP contribution in [-0.2, 0) is 0 Å². The first-order valence-electron chi connectivity index (χ1n) is 12.0. The van der Waals surface area contributed by atoms with Crippen LogP contribution in [0.25, 0.3) is 38.7 Å². The number of hydrogen-bond donors (Lipinski definition) is 0. The van der Waals surface area contributed by atoms with Crippen LogP contribution in [0.3, 0.4) is 0 Å². The molecule has 0 amide bonds. The van der Waals surface area contributed by atoms with Crippen LogP contribution in [0.1, 0.15) is 25.3 Å². The minimum atomic E-state index is -0.187. The summed E-state index contributed by atoms with van der Waals surface area (Å²) in [5, 5.41) is 11.3. The molecule has 6 aromatic rings. The highest BCUT2D eigenvalue weighted by Gasteiger charge is 2.15. The number of fused-ring (bicyclic) bond motifs is 1. The van der Waals surface area contributed by atoms with Crippen molar-refractivity contribution in [2.24, 2.45) is 0 Å². The molecule has 9 heteroatoms. The summed E-state index contributed by atoms with van der Waals surface area (Å²) in [5.74, 6) is 1.41. The van der Waals surface area contributed by atoms with Crippen LogP contribution in [0.15, 0.2) is 83.1 Å². The number of benzene rings is 2. The molecule has 0 aliphatic rings. The summed E-state index contributed by atoms with van der Waals surface area (Å²) in [6.45, 7) is 2.84. The van der Waals surface area contributed by atoms with Gasteiger partial charge in [-0.05, 0) is 60.3 Å². The first-order chi connectivity index (χ1) is 18.2. The Hall–Kier alpha value is -4.08. The summed E-state index contributed by atoms with van der Waals surface area (Å²) < 4.78 is 9.60.